The first-order valence-electron chi connectivity index (χ1n) is 8.95. The van der Waals surface area contributed by atoms with Gasteiger partial charge in [0.05, 0.1) is 12.0 Å². The van der Waals surface area contributed by atoms with Crippen molar-refractivity contribution < 1.29 is 32.6 Å². The highest BCUT2D eigenvalue weighted by Crippen LogP contribution is 2.32. The van der Waals surface area contributed by atoms with E-state index in [1.165, 1.54) is 17.0 Å². The van der Waals surface area contributed by atoms with Crippen LogP contribution in [0.5, 0.6) is 0 Å². The molecule has 1 aromatic carbocycles. The van der Waals surface area contributed by atoms with Crippen LogP contribution in [0, 0.1) is 0 Å². The summed E-state index contributed by atoms with van der Waals surface area (Å²) in [5.74, 6) is -1.41. The molecule has 9 heteroatoms. The number of benzene rings is 1. The molecule has 1 N–H and O–H groups in total. The third kappa shape index (κ3) is 4.14. The number of carboxylic acid groups (broad SMARTS) is 1. The number of amides is 1. The molecular weight excluding hydrogens is 377 g/mol. The van der Waals surface area contributed by atoms with Gasteiger partial charge in [-0.05, 0) is 37.1 Å². The Labute approximate surface area is 159 Å². The van der Waals surface area contributed by atoms with Gasteiger partial charge in [-0.15, -0.1) is 0 Å². The molecule has 2 heterocycles. The van der Waals surface area contributed by atoms with Gasteiger partial charge in [0.1, 0.15) is 5.69 Å². The fourth-order valence-electron chi connectivity index (χ4n) is 3.54. The second-order valence-electron chi connectivity index (χ2n) is 6.85. The van der Waals surface area contributed by atoms with Gasteiger partial charge in [0.2, 0.25) is 0 Å². The fourth-order valence-corrected chi connectivity index (χ4v) is 3.54. The summed E-state index contributed by atoms with van der Waals surface area (Å²) in [5, 5.41) is 9.33. The maximum Gasteiger partial charge on any atom is 0.416 e. The predicted molar refractivity (Wildman–Crippen MR) is 95.1 cm³/mol. The molecule has 1 fully saturated rings. The molecule has 0 atom stereocenters. The number of fused-ring (bicyclic) bond motifs is 1. The summed E-state index contributed by atoms with van der Waals surface area (Å²) >= 11 is 0. The minimum Gasteiger partial charge on any atom is -0.481 e. The molecule has 1 aliphatic heterocycles. The first-order valence-corrected chi connectivity index (χ1v) is 8.95. The minimum absolute atomic E-state index is 0.0359. The molecule has 152 valence electrons. The molecule has 0 radical (unpaired) electrons. The lowest BCUT2D eigenvalue weighted by molar-refractivity contribution is -0.138. The van der Waals surface area contributed by atoms with Gasteiger partial charge in [-0.3, -0.25) is 9.59 Å². The molecule has 28 heavy (non-hydrogen) atoms. The van der Waals surface area contributed by atoms with Crippen LogP contribution < -0.4 is 0 Å². The number of carboxylic acids is 1. The largest absolute Gasteiger partial charge is 0.481 e. The van der Waals surface area contributed by atoms with Crippen LogP contribution in [0.3, 0.4) is 0 Å². The number of rotatable bonds is 5. The summed E-state index contributed by atoms with van der Waals surface area (Å²) in [6, 6.07) is 4.61. The van der Waals surface area contributed by atoms with Crippen LogP contribution in [0.1, 0.15) is 35.3 Å². The van der Waals surface area contributed by atoms with Crippen LogP contribution in [0.25, 0.3) is 10.9 Å². The van der Waals surface area contributed by atoms with Crippen LogP contribution in [0.4, 0.5) is 13.2 Å². The van der Waals surface area contributed by atoms with Crippen molar-refractivity contribution in [2.45, 2.75) is 31.5 Å². The van der Waals surface area contributed by atoms with Gasteiger partial charge in [0, 0.05) is 43.8 Å². The van der Waals surface area contributed by atoms with E-state index in [9.17, 15) is 22.8 Å². The molecule has 1 amide bonds. The predicted octanol–water partition coefficient (Wildman–Crippen LogP) is 3.29. The van der Waals surface area contributed by atoms with Crippen molar-refractivity contribution in [3.05, 3.63) is 35.5 Å². The Morgan fingerprint density at radius 1 is 1.25 bits per heavy atom. The molecule has 1 aromatic heterocycles. The molecule has 0 aliphatic carbocycles. The number of hydrogen-bond donors (Lipinski definition) is 1. The summed E-state index contributed by atoms with van der Waals surface area (Å²) in [6.07, 6.45) is -3.49. The normalized spacial score (nSPS) is 15.7. The van der Waals surface area contributed by atoms with Crippen molar-refractivity contribution in [3.8, 4) is 0 Å². The van der Waals surface area contributed by atoms with Gasteiger partial charge < -0.3 is 19.3 Å². The van der Waals surface area contributed by atoms with Crippen LogP contribution in [0.2, 0.25) is 0 Å². The maximum atomic E-state index is 13.2. The van der Waals surface area contributed by atoms with E-state index in [0.29, 0.717) is 37.0 Å². The van der Waals surface area contributed by atoms with E-state index in [1.54, 1.807) is 11.6 Å². The SMILES string of the molecule is Cn1c(C(=O)N(CCC(=O)O)C2CCOCC2)cc2cc(C(F)(F)F)ccc21. The van der Waals surface area contributed by atoms with Crippen LogP contribution in [0.15, 0.2) is 24.3 Å². The van der Waals surface area contributed by atoms with Gasteiger partial charge in [-0.1, -0.05) is 0 Å². The van der Waals surface area contributed by atoms with E-state index in [4.69, 9.17) is 9.84 Å². The van der Waals surface area contributed by atoms with Gasteiger partial charge in [0.15, 0.2) is 0 Å². The zero-order valence-corrected chi connectivity index (χ0v) is 15.3. The monoisotopic (exact) mass is 398 g/mol. The average Bonchev–Trinajstić information content (AvgIpc) is 2.98. The van der Waals surface area contributed by atoms with Crippen molar-refractivity contribution >= 4 is 22.8 Å². The first-order chi connectivity index (χ1) is 13.2. The molecule has 1 saturated heterocycles. The Bertz CT molecular complexity index is 885. The van der Waals surface area contributed by atoms with Gasteiger partial charge in [0.25, 0.3) is 5.91 Å². The van der Waals surface area contributed by atoms with Gasteiger partial charge in [-0.2, -0.15) is 13.2 Å². The van der Waals surface area contributed by atoms with Crippen LogP contribution in [-0.4, -0.2) is 52.3 Å². The van der Waals surface area contributed by atoms with Crippen molar-refractivity contribution in [1.29, 1.82) is 0 Å². The Kier molecular flexibility index (Phi) is 5.64. The van der Waals surface area contributed by atoms with E-state index < -0.39 is 17.7 Å². The fraction of sp³-hybridized carbons (Fsp3) is 0.474. The molecule has 0 bridgehead atoms. The summed E-state index contributed by atoms with van der Waals surface area (Å²) in [6.45, 7) is 0.991. The molecule has 0 unspecified atom stereocenters. The molecule has 0 spiro atoms. The lowest BCUT2D eigenvalue weighted by Crippen LogP contribution is -2.45. The molecule has 2 aromatic rings. The standard InChI is InChI=1S/C19H21F3N2O4/c1-23-15-3-2-13(19(20,21)22)10-12(15)11-16(23)18(27)24(7-4-17(25)26)14-5-8-28-9-6-14/h2-3,10-11,14H,4-9H2,1H3,(H,25,26). The van der Waals surface area contributed by atoms with Crippen molar-refractivity contribution in [3.63, 3.8) is 0 Å². The molecular formula is C19H21F3N2O4. The number of carbonyl (C=O) groups is 2. The zero-order chi connectivity index (χ0) is 20.5. The quantitative estimate of drug-likeness (QED) is 0.839. The number of halogens is 3. The average molecular weight is 398 g/mol. The number of aryl methyl sites for hydroxylation is 1. The van der Waals surface area contributed by atoms with E-state index in [2.05, 4.69) is 0 Å². The third-order valence-electron chi connectivity index (χ3n) is 5.05. The number of ether oxygens (including phenoxy) is 1. The second-order valence-corrected chi connectivity index (χ2v) is 6.85. The summed E-state index contributed by atoms with van der Waals surface area (Å²) in [5.41, 5.74) is -0.0514. The Morgan fingerprint density at radius 3 is 2.54 bits per heavy atom. The summed E-state index contributed by atoms with van der Waals surface area (Å²) in [7, 11) is 1.61. The van der Waals surface area contributed by atoms with E-state index in [-0.39, 0.29) is 30.6 Å². The Hall–Kier alpha value is -2.55. The van der Waals surface area contributed by atoms with Crippen molar-refractivity contribution in [2.24, 2.45) is 7.05 Å². The molecule has 3 rings (SSSR count). The summed E-state index contributed by atoms with van der Waals surface area (Å²) in [4.78, 5) is 25.7. The molecule has 0 saturated carbocycles. The van der Waals surface area contributed by atoms with E-state index in [1.807, 2.05) is 0 Å². The van der Waals surface area contributed by atoms with Crippen LogP contribution >= 0.6 is 0 Å². The molecule has 6 nitrogen and oxygen atoms in total. The minimum atomic E-state index is -4.47. The number of hydrogen-bond acceptors (Lipinski definition) is 3. The van der Waals surface area contributed by atoms with E-state index >= 15 is 0 Å². The van der Waals surface area contributed by atoms with Crippen molar-refractivity contribution in [1.82, 2.24) is 9.47 Å². The summed E-state index contributed by atoms with van der Waals surface area (Å²) < 4.78 is 45.8. The zero-order valence-electron chi connectivity index (χ0n) is 15.3. The number of alkyl halides is 3. The first kappa shape index (κ1) is 20.2. The smallest absolute Gasteiger partial charge is 0.416 e. The van der Waals surface area contributed by atoms with E-state index in [0.717, 1.165) is 12.1 Å². The Morgan fingerprint density at radius 2 is 1.93 bits per heavy atom. The maximum absolute atomic E-state index is 13.2. The molecule has 1 aliphatic rings. The highest BCUT2D eigenvalue weighted by Gasteiger charge is 2.32. The highest BCUT2D eigenvalue weighted by molar-refractivity contribution is 5.99. The van der Waals surface area contributed by atoms with Gasteiger partial charge >= 0.3 is 12.1 Å². The second kappa shape index (κ2) is 7.83. The highest BCUT2D eigenvalue weighted by atomic mass is 19.4. The topological polar surface area (TPSA) is 71.8 Å². The third-order valence-corrected chi connectivity index (χ3v) is 5.05. The van der Waals surface area contributed by atoms with Gasteiger partial charge in [-0.25, -0.2) is 0 Å². The number of aliphatic carboxylic acids is 1. The van der Waals surface area contributed by atoms with Crippen molar-refractivity contribution in [2.75, 3.05) is 19.8 Å². The van der Waals surface area contributed by atoms with Crippen LogP contribution in [-0.2, 0) is 22.8 Å². The number of aromatic nitrogens is 1. The lowest BCUT2D eigenvalue weighted by atomic mass is 10.1. The number of carbonyl (C=O) groups excluding carboxylic acids is 1. The number of nitrogens with zero attached hydrogens (tertiary/aromatic N) is 2. The lowest BCUT2D eigenvalue weighted by Gasteiger charge is -2.34. The Balaban J connectivity index is 1.95.